The van der Waals surface area contributed by atoms with Crippen LogP contribution in [0, 0.1) is 6.92 Å². The topological polar surface area (TPSA) is 21.7 Å². The van der Waals surface area contributed by atoms with Gasteiger partial charge in [-0.3, -0.25) is 0 Å². The standard InChI is InChI=1S/C23H28F3NO2/c1-16-11-19(13-20(12-16)23(24,25)26)17(2)28-15-22(9-10-27(3)4)21-8-6-5-7-18(21)14-29-22/h5-8,11-13,17H,9-10,14-15H2,1-4H3. The van der Waals surface area contributed by atoms with Crippen molar-refractivity contribution in [2.45, 2.75) is 44.8 Å². The highest BCUT2D eigenvalue weighted by atomic mass is 19.4. The summed E-state index contributed by atoms with van der Waals surface area (Å²) in [6.07, 6.45) is -4.12. The fraction of sp³-hybridized carbons (Fsp3) is 0.478. The number of nitrogens with zero attached hydrogens (tertiary/aromatic N) is 1. The Morgan fingerprint density at radius 1 is 1.17 bits per heavy atom. The van der Waals surface area contributed by atoms with Gasteiger partial charge in [0.05, 0.1) is 24.9 Å². The van der Waals surface area contributed by atoms with Crippen molar-refractivity contribution in [1.82, 2.24) is 4.90 Å². The van der Waals surface area contributed by atoms with Crippen molar-refractivity contribution in [3.05, 3.63) is 70.3 Å². The SMILES string of the molecule is Cc1cc(C(C)OCC2(CCN(C)C)OCc3ccccc32)cc(C(F)(F)F)c1. The Balaban J connectivity index is 1.81. The second-order valence-electron chi connectivity index (χ2n) is 8.08. The normalized spacial score (nSPS) is 20.1. The van der Waals surface area contributed by atoms with E-state index in [1.807, 2.05) is 32.3 Å². The Bertz CT molecular complexity index is 850. The van der Waals surface area contributed by atoms with E-state index in [-0.39, 0.29) is 6.61 Å². The number of benzene rings is 2. The van der Waals surface area contributed by atoms with Gasteiger partial charge >= 0.3 is 6.18 Å². The third kappa shape index (κ3) is 5.00. The summed E-state index contributed by atoms with van der Waals surface area (Å²) in [5.41, 5.74) is 2.09. The Morgan fingerprint density at radius 3 is 2.59 bits per heavy atom. The molecule has 6 heteroatoms. The Morgan fingerprint density at radius 2 is 1.90 bits per heavy atom. The molecule has 0 aromatic heterocycles. The van der Waals surface area contributed by atoms with Crippen molar-refractivity contribution in [2.24, 2.45) is 0 Å². The van der Waals surface area contributed by atoms with E-state index in [0.29, 0.717) is 17.7 Å². The second kappa shape index (κ2) is 8.46. The van der Waals surface area contributed by atoms with Crippen LogP contribution in [0.5, 0.6) is 0 Å². The molecule has 1 heterocycles. The minimum atomic E-state index is -4.37. The van der Waals surface area contributed by atoms with E-state index < -0.39 is 23.4 Å². The highest BCUT2D eigenvalue weighted by molar-refractivity contribution is 5.36. The third-order valence-corrected chi connectivity index (χ3v) is 5.44. The van der Waals surface area contributed by atoms with Gasteiger partial charge in [-0.05, 0) is 63.2 Å². The molecule has 2 unspecified atom stereocenters. The molecule has 0 bridgehead atoms. The summed E-state index contributed by atoms with van der Waals surface area (Å²) in [5, 5.41) is 0. The Labute approximate surface area is 170 Å². The molecule has 0 amide bonds. The zero-order valence-corrected chi connectivity index (χ0v) is 17.3. The monoisotopic (exact) mass is 407 g/mol. The summed E-state index contributed by atoms with van der Waals surface area (Å²) in [6, 6.07) is 12.2. The lowest BCUT2D eigenvalue weighted by Crippen LogP contribution is -2.35. The molecule has 2 aromatic carbocycles. The van der Waals surface area contributed by atoms with E-state index in [2.05, 4.69) is 11.0 Å². The van der Waals surface area contributed by atoms with Crippen LogP contribution in [0.1, 0.15) is 47.3 Å². The molecule has 2 aromatic rings. The van der Waals surface area contributed by atoms with E-state index in [4.69, 9.17) is 9.47 Å². The second-order valence-corrected chi connectivity index (χ2v) is 8.08. The molecule has 0 aliphatic carbocycles. The zero-order valence-electron chi connectivity index (χ0n) is 17.3. The minimum absolute atomic E-state index is 0.286. The van der Waals surface area contributed by atoms with Gasteiger partial charge in [0, 0.05) is 6.54 Å². The molecule has 2 atom stereocenters. The van der Waals surface area contributed by atoms with Crippen LogP contribution in [0.2, 0.25) is 0 Å². The zero-order chi connectivity index (χ0) is 21.2. The molecular weight excluding hydrogens is 379 g/mol. The van der Waals surface area contributed by atoms with E-state index in [1.54, 1.807) is 19.9 Å². The fourth-order valence-corrected chi connectivity index (χ4v) is 3.75. The number of halogens is 3. The molecule has 29 heavy (non-hydrogen) atoms. The van der Waals surface area contributed by atoms with Crippen LogP contribution >= 0.6 is 0 Å². The highest BCUT2D eigenvalue weighted by Crippen LogP contribution is 2.41. The molecule has 0 fully saturated rings. The molecule has 0 N–H and O–H groups in total. The first kappa shape index (κ1) is 21.8. The third-order valence-electron chi connectivity index (χ3n) is 5.44. The highest BCUT2D eigenvalue weighted by Gasteiger charge is 2.40. The fourth-order valence-electron chi connectivity index (χ4n) is 3.75. The molecule has 1 aliphatic heterocycles. The first-order valence-electron chi connectivity index (χ1n) is 9.78. The van der Waals surface area contributed by atoms with Gasteiger partial charge in [-0.2, -0.15) is 13.2 Å². The summed E-state index contributed by atoms with van der Waals surface area (Å²) in [7, 11) is 4.01. The van der Waals surface area contributed by atoms with Gasteiger partial charge < -0.3 is 14.4 Å². The Kier molecular flexibility index (Phi) is 6.36. The lowest BCUT2D eigenvalue weighted by molar-refractivity contribution is -0.138. The van der Waals surface area contributed by atoms with Crippen LogP contribution in [0.15, 0.2) is 42.5 Å². The van der Waals surface area contributed by atoms with Crippen LogP contribution in [-0.4, -0.2) is 32.1 Å². The number of rotatable bonds is 7. The summed E-state index contributed by atoms with van der Waals surface area (Å²) < 4.78 is 51.9. The van der Waals surface area contributed by atoms with Gasteiger partial charge in [-0.1, -0.05) is 35.9 Å². The maximum atomic E-state index is 13.2. The van der Waals surface area contributed by atoms with Gasteiger partial charge in [0.25, 0.3) is 0 Å². The molecule has 0 spiro atoms. The van der Waals surface area contributed by atoms with Crippen LogP contribution < -0.4 is 0 Å². The van der Waals surface area contributed by atoms with Gasteiger partial charge in [0.1, 0.15) is 5.60 Å². The van der Waals surface area contributed by atoms with Gasteiger partial charge in [-0.25, -0.2) is 0 Å². The summed E-state index contributed by atoms with van der Waals surface area (Å²) in [4.78, 5) is 2.09. The molecule has 1 aliphatic rings. The van der Waals surface area contributed by atoms with Gasteiger partial charge in [0.15, 0.2) is 0 Å². The quantitative estimate of drug-likeness (QED) is 0.608. The molecule has 3 rings (SSSR count). The number of ether oxygens (including phenoxy) is 2. The first-order valence-corrected chi connectivity index (χ1v) is 9.78. The van der Waals surface area contributed by atoms with Crippen molar-refractivity contribution in [1.29, 1.82) is 0 Å². The number of hydrogen-bond acceptors (Lipinski definition) is 3. The van der Waals surface area contributed by atoms with E-state index in [9.17, 15) is 13.2 Å². The van der Waals surface area contributed by atoms with Crippen LogP contribution in [0.4, 0.5) is 13.2 Å². The largest absolute Gasteiger partial charge is 0.416 e. The predicted octanol–water partition coefficient (Wildman–Crippen LogP) is 5.47. The summed E-state index contributed by atoms with van der Waals surface area (Å²) >= 11 is 0. The lowest BCUT2D eigenvalue weighted by atomic mass is 9.89. The van der Waals surface area contributed by atoms with Crippen molar-refractivity contribution in [3.63, 3.8) is 0 Å². The maximum Gasteiger partial charge on any atom is 0.416 e. The lowest BCUT2D eigenvalue weighted by Gasteiger charge is -2.32. The molecule has 158 valence electrons. The number of hydrogen-bond donors (Lipinski definition) is 0. The molecule has 0 radical (unpaired) electrons. The minimum Gasteiger partial charge on any atom is -0.370 e. The van der Waals surface area contributed by atoms with Crippen LogP contribution in [-0.2, 0) is 27.9 Å². The molecule has 3 nitrogen and oxygen atoms in total. The van der Waals surface area contributed by atoms with Crippen LogP contribution in [0.25, 0.3) is 0 Å². The van der Waals surface area contributed by atoms with Crippen molar-refractivity contribution in [2.75, 3.05) is 27.2 Å². The summed E-state index contributed by atoms with van der Waals surface area (Å²) in [5.74, 6) is 0. The Hall–Kier alpha value is -1.89. The average molecular weight is 407 g/mol. The number of aryl methyl sites for hydroxylation is 1. The number of fused-ring (bicyclic) bond motifs is 1. The van der Waals surface area contributed by atoms with E-state index >= 15 is 0 Å². The smallest absolute Gasteiger partial charge is 0.370 e. The van der Waals surface area contributed by atoms with E-state index in [1.165, 1.54) is 6.07 Å². The van der Waals surface area contributed by atoms with Crippen molar-refractivity contribution >= 4 is 0 Å². The maximum absolute atomic E-state index is 13.2. The molecular formula is C23H28F3NO2. The van der Waals surface area contributed by atoms with Crippen LogP contribution in [0.3, 0.4) is 0 Å². The summed E-state index contributed by atoms with van der Waals surface area (Å²) in [6.45, 7) is 5.07. The van der Waals surface area contributed by atoms with Gasteiger partial charge in [-0.15, -0.1) is 0 Å². The molecule has 0 saturated heterocycles. The number of alkyl halides is 3. The average Bonchev–Trinajstić information content (AvgIpc) is 3.02. The molecule has 0 saturated carbocycles. The van der Waals surface area contributed by atoms with Crippen molar-refractivity contribution in [3.8, 4) is 0 Å². The predicted molar refractivity (Wildman–Crippen MR) is 107 cm³/mol. The van der Waals surface area contributed by atoms with Crippen molar-refractivity contribution < 1.29 is 22.6 Å². The van der Waals surface area contributed by atoms with Gasteiger partial charge in [0.2, 0.25) is 0 Å². The van der Waals surface area contributed by atoms with E-state index in [0.717, 1.165) is 30.2 Å². The first-order chi connectivity index (χ1) is 13.6.